The van der Waals surface area contributed by atoms with E-state index in [9.17, 15) is 0 Å². The highest BCUT2D eigenvalue weighted by Gasteiger charge is 2.16. The molecule has 0 radical (unpaired) electrons. The molecule has 3 heterocycles. The zero-order valence-electron chi connectivity index (χ0n) is 31.0. The molecule has 0 aromatic heterocycles. The van der Waals surface area contributed by atoms with Crippen molar-refractivity contribution < 1.29 is 9.47 Å². The van der Waals surface area contributed by atoms with Gasteiger partial charge in [-0.05, 0) is 65.5 Å². The summed E-state index contributed by atoms with van der Waals surface area (Å²) in [4.78, 5) is 7.16. The van der Waals surface area contributed by atoms with Crippen LogP contribution in [-0.2, 0) is 9.47 Å². The van der Waals surface area contributed by atoms with Crippen molar-refractivity contribution in [2.75, 3.05) is 87.3 Å². The van der Waals surface area contributed by atoms with E-state index in [4.69, 9.17) is 4.74 Å². The standard InChI is InChI=1S/C7H15N.C6H13N.C5H11NO.C4H8.3C4H10.C2H6O.CH4/c1-3-7-4-5-8(2)6-7;1-2-7-5-3-4-6-7;1-6-2-4-7-5-3-6;1-2-4-3-1;3*1-3-4-2;1-3-2;/h7H,3-6H2,1-2H3;2-6H2,1H3;2-5H2,1H3;1-4H2;3*3-4H2,1-2H3;1-2H3;1H4. The third kappa shape index (κ3) is 49.5. The Kier molecular flexibility index (Phi) is 58.4. The molecular weight excluding hydrogens is 518 g/mol. The summed E-state index contributed by atoms with van der Waals surface area (Å²) < 4.78 is 9.35. The van der Waals surface area contributed by atoms with Crippen LogP contribution in [0.15, 0.2) is 0 Å². The van der Waals surface area contributed by atoms with Gasteiger partial charge in [-0.2, -0.15) is 0 Å². The lowest BCUT2D eigenvalue weighted by molar-refractivity contribution is 0.0503. The average molecular weight is 606 g/mol. The van der Waals surface area contributed by atoms with Crippen molar-refractivity contribution >= 4 is 0 Å². The molecule has 0 aromatic rings. The second-order valence-corrected chi connectivity index (χ2v) is 11.7. The zero-order chi connectivity index (χ0) is 32.0. The van der Waals surface area contributed by atoms with Gasteiger partial charge >= 0.3 is 0 Å². The molecule has 0 amide bonds. The highest BCUT2D eigenvalue weighted by Crippen LogP contribution is 2.16. The van der Waals surface area contributed by atoms with E-state index < -0.39 is 0 Å². The molecule has 4 fully saturated rings. The molecule has 4 rings (SSSR count). The van der Waals surface area contributed by atoms with Gasteiger partial charge in [0, 0.05) is 33.9 Å². The Morgan fingerprint density at radius 3 is 1.10 bits per heavy atom. The molecule has 4 aliphatic rings. The molecule has 1 unspecified atom stereocenters. The Hall–Kier alpha value is -0.200. The van der Waals surface area contributed by atoms with Crippen LogP contribution in [-0.4, -0.2) is 102 Å². The Bertz CT molecular complexity index is 377. The number of likely N-dealkylation sites (N-methyl/N-ethyl adjacent to an activating group) is 1. The van der Waals surface area contributed by atoms with Crippen LogP contribution in [0.1, 0.15) is 153 Å². The molecule has 3 aliphatic heterocycles. The second-order valence-electron chi connectivity index (χ2n) is 11.7. The van der Waals surface area contributed by atoms with Crippen LogP contribution in [0.25, 0.3) is 0 Å². The number of ether oxygens (including phenoxy) is 2. The molecule has 0 N–H and O–H groups in total. The van der Waals surface area contributed by atoms with Crippen molar-refractivity contribution in [2.45, 2.75) is 153 Å². The summed E-state index contributed by atoms with van der Waals surface area (Å²) in [5.41, 5.74) is 0. The number of likely N-dealkylation sites (tertiary alicyclic amines) is 2. The highest BCUT2D eigenvalue weighted by molar-refractivity contribution is 4.70. The maximum Gasteiger partial charge on any atom is 0.0594 e. The summed E-state index contributed by atoms with van der Waals surface area (Å²) in [6.07, 6.45) is 19.6. The van der Waals surface area contributed by atoms with E-state index >= 15 is 0 Å². The quantitative estimate of drug-likeness (QED) is 0.311. The summed E-state index contributed by atoms with van der Waals surface area (Å²) in [7, 11) is 7.57. The van der Waals surface area contributed by atoms with Crippen molar-refractivity contribution in [1.29, 1.82) is 0 Å². The van der Waals surface area contributed by atoms with Crippen LogP contribution in [0.2, 0.25) is 0 Å². The van der Waals surface area contributed by atoms with Crippen molar-refractivity contribution in [3.05, 3.63) is 0 Å². The first kappa shape index (κ1) is 51.4. The van der Waals surface area contributed by atoms with Gasteiger partial charge in [-0.25, -0.2) is 0 Å². The first-order valence-corrected chi connectivity index (χ1v) is 17.9. The largest absolute Gasteiger partial charge is 0.388 e. The molecular formula is C37H87N3O2. The summed E-state index contributed by atoms with van der Waals surface area (Å²) in [6.45, 7) is 28.2. The maximum atomic E-state index is 5.10. The number of unbranched alkanes of at least 4 members (excludes halogenated alkanes) is 3. The van der Waals surface area contributed by atoms with Gasteiger partial charge in [-0.3, -0.25) is 0 Å². The minimum atomic E-state index is 0. The summed E-state index contributed by atoms with van der Waals surface area (Å²) in [5.74, 6) is 1.000. The van der Waals surface area contributed by atoms with Gasteiger partial charge < -0.3 is 24.2 Å². The molecule has 3 saturated heterocycles. The molecule has 1 aliphatic carbocycles. The molecule has 5 nitrogen and oxygen atoms in total. The molecule has 1 atom stereocenters. The van der Waals surface area contributed by atoms with Crippen molar-refractivity contribution in [1.82, 2.24) is 14.7 Å². The first-order valence-electron chi connectivity index (χ1n) is 17.9. The van der Waals surface area contributed by atoms with E-state index in [0.717, 1.165) is 32.2 Å². The van der Waals surface area contributed by atoms with Gasteiger partial charge in [0.05, 0.1) is 13.2 Å². The van der Waals surface area contributed by atoms with Crippen molar-refractivity contribution in [3.63, 3.8) is 0 Å². The van der Waals surface area contributed by atoms with Gasteiger partial charge in [-0.15, -0.1) is 0 Å². The Balaban J connectivity index is -0.000000127. The van der Waals surface area contributed by atoms with E-state index in [-0.39, 0.29) is 7.43 Å². The molecule has 262 valence electrons. The topological polar surface area (TPSA) is 28.2 Å². The Morgan fingerprint density at radius 2 is 0.952 bits per heavy atom. The third-order valence-corrected chi connectivity index (χ3v) is 7.45. The Morgan fingerprint density at radius 1 is 0.571 bits per heavy atom. The lowest BCUT2D eigenvalue weighted by Crippen LogP contribution is -2.32. The third-order valence-electron chi connectivity index (χ3n) is 7.45. The fourth-order valence-corrected chi connectivity index (χ4v) is 3.36. The number of rotatable bonds is 5. The fourth-order valence-electron chi connectivity index (χ4n) is 3.36. The van der Waals surface area contributed by atoms with Crippen LogP contribution < -0.4 is 0 Å². The van der Waals surface area contributed by atoms with Crippen molar-refractivity contribution in [2.24, 2.45) is 5.92 Å². The van der Waals surface area contributed by atoms with E-state index in [1.54, 1.807) is 14.2 Å². The molecule has 1 saturated carbocycles. The zero-order valence-corrected chi connectivity index (χ0v) is 31.0. The lowest BCUT2D eigenvalue weighted by Gasteiger charge is -2.21. The van der Waals surface area contributed by atoms with Gasteiger partial charge in [0.1, 0.15) is 0 Å². The molecule has 0 aromatic carbocycles. The number of nitrogens with zero attached hydrogens (tertiary/aromatic N) is 3. The minimum Gasteiger partial charge on any atom is -0.388 e. The monoisotopic (exact) mass is 606 g/mol. The summed E-state index contributed by atoms with van der Waals surface area (Å²) in [6, 6.07) is 0. The maximum absolute atomic E-state index is 5.10. The van der Waals surface area contributed by atoms with Gasteiger partial charge in [0.15, 0.2) is 0 Å². The van der Waals surface area contributed by atoms with Crippen LogP contribution in [0.5, 0.6) is 0 Å². The number of hydrogen-bond acceptors (Lipinski definition) is 5. The van der Waals surface area contributed by atoms with Crippen LogP contribution in [0.4, 0.5) is 0 Å². The van der Waals surface area contributed by atoms with Crippen molar-refractivity contribution in [3.8, 4) is 0 Å². The van der Waals surface area contributed by atoms with Gasteiger partial charge in [0.2, 0.25) is 0 Å². The molecule has 0 spiro atoms. The summed E-state index contributed by atoms with van der Waals surface area (Å²) >= 11 is 0. The van der Waals surface area contributed by atoms with E-state index in [1.165, 1.54) is 123 Å². The van der Waals surface area contributed by atoms with E-state index in [2.05, 4.69) is 88.9 Å². The van der Waals surface area contributed by atoms with E-state index in [1.807, 2.05) is 0 Å². The van der Waals surface area contributed by atoms with Gasteiger partial charge in [0.25, 0.3) is 0 Å². The van der Waals surface area contributed by atoms with E-state index in [0.29, 0.717) is 0 Å². The smallest absolute Gasteiger partial charge is 0.0594 e. The minimum absolute atomic E-state index is 0. The molecule has 42 heavy (non-hydrogen) atoms. The average Bonchev–Trinajstić information content (AvgIpc) is 3.66. The van der Waals surface area contributed by atoms with Gasteiger partial charge in [-0.1, -0.05) is 133 Å². The Labute approximate surface area is 269 Å². The predicted molar refractivity (Wildman–Crippen MR) is 195 cm³/mol. The van der Waals surface area contributed by atoms with Crippen LogP contribution in [0.3, 0.4) is 0 Å². The normalized spacial score (nSPS) is 19.0. The number of morpholine rings is 1. The molecule has 5 heteroatoms. The first-order chi connectivity index (χ1) is 19.8. The van der Waals surface area contributed by atoms with Crippen LogP contribution >= 0.6 is 0 Å². The second kappa shape index (κ2) is 47.7. The SMILES string of the molecule is C.C1CCC1.CCC1CCN(C)C1.CCCC.CCCC.CCCC.CCN1CCCC1.CN1CCOCC1.COC. The molecule has 0 bridgehead atoms. The fraction of sp³-hybridized carbons (Fsp3) is 1.00. The lowest BCUT2D eigenvalue weighted by atomic mass is 10.0. The number of hydrogen-bond donors (Lipinski definition) is 0. The predicted octanol–water partition coefficient (Wildman–Crippen LogP) is 10.3. The highest BCUT2D eigenvalue weighted by atomic mass is 16.5. The van der Waals surface area contributed by atoms with Crippen LogP contribution in [0, 0.1) is 5.92 Å². The summed E-state index contributed by atoms with van der Waals surface area (Å²) in [5, 5.41) is 0. The number of methoxy groups -OCH3 is 1.